The first kappa shape index (κ1) is 16.1. The number of methoxy groups -OCH3 is 2. The van der Waals surface area contributed by atoms with Gasteiger partial charge < -0.3 is 9.47 Å². The highest BCUT2D eigenvalue weighted by Crippen LogP contribution is 2.33. The molecule has 0 aliphatic rings. The number of carbonyl (C=O) groups excluding carboxylic acids is 1. The lowest BCUT2D eigenvalue weighted by Gasteiger charge is -2.04. The van der Waals surface area contributed by atoms with Crippen LogP contribution in [0.15, 0.2) is 24.6 Å². The van der Waals surface area contributed by atoms with Gasteiger partial charge in [0.2, 0.25) is 0 Å². The minimum Gasteiger partial charge on any atom is -0.503 e. The van der Waals surface area contributed by atoms with Crippen LogP contribution in [0.3, 0.4) is 0 Å². The van der Waals surface area contributed by atoms with Gasteiger partial charge in [-0.25, -0.2) is 18.6 Å². The minimum absolute atomic E-state index is 0.175. The Kier molecular flexibility index (Phi) is 4.87. The van der Waals surface area contributed by atoms with E-state index in [1.54, 1.807) is 6.92 Å². The highest BCUT2D eigenvalue weighted by molar-refractivity contribution is 7.16. The van der Waals surface area contributed by atoms with Gasteiger partial charge in [-0.1, -0.05) is 0 Å². The van der Waals surface area contributed by atoms with E-state index in [4.69, 9.17) is 4.74 Å². The molecule has 1 heterocycles. The van der Waals surface area contributed by atoms with Crippen LogP contribution in [-0.2, 0) is 14.3 Å². The van der Waals surface area contributed by atoms with Gasteiger partial charge in [-0.3, -0.25) is 0 Å². The van der Waals surface area contributed by atoms with Crippen molar-refractivity contribution in [1.29, 1.82) is 0 Å². The Morgan fingerprint density at radius 1 is 1.32 bits per heavy atom. The third-order valence-electron chi connectivity index (χ3n) is 2.88. The number of nitrogens with zero attached hydrogens (tertiary/aromatic N) is 1. The van der Waals surface area contributed by atoms with Crippen LogP contribution in [0.2, 0.25) is 0 Å². The quantitative estimate of drug-likeness (QED) is 0.490. The molecule has 0 bridgehead atoms. The predicted molar refractivity (Wildman–Crippen MR) is 79.2 cm³/mol. The third-order valence-corrected chi connectivity index (χ3v) is 3.93. The van der Waals surface area contributed by atoms with Gasteiger partial charge in [0.15, 0.2) is 0 Å². The molecule has 0 atom stereocenters. The number of ether oxygens (including phenoxy) is 2. The van der Waals surface area contributed by atoms with Gasteiger partial charge in [0.1, 0.15) is 22.2 Å². The number of aryl methyl sites for hydroxylation is 1. The molecular formula is C15H13F2NO3S. The predicted octanol–water partition coefficient (Wildman–Crippen LogP) is 3.56. The van der Waals surface area contributed by atoms with Gasteiger partial charge in [0.05, 0.1) is 25.4 Å². The Bertz CT molecular complexity index is 717. The molecule has 0 amide bonds. The summed E-state index contributed by atoms with van der Waals surface area (Å²) in [6.07, 6.45) is 2.65. The van der Waals surface area contributed by atoms with Crippen molar-refractivity contribution in [3.05, 3.63) is 46.7 Å². The molecule has 22 heavy (non-hydrogen) atoms. The van der Waals surface area contributed by atoms with E-state index in [1.165, 1.54) is 32.7 Å². The topological polar surface area (TPSA) is 48.4 Å². The van der Waals surface area contributed by atoms with E-state index >= 15 is 0 Å². The van der Waals surface area contributed by atoms with E-state index in [1.807, 2.05) is 0 Å². The Morgan fingerprint density at radius 2 is 2.05 bits per heavy atom. The van der Waals surface area contributed by atoms with E-state index in [0.717, 1.165) is 17.4 Å². The fourth-order valence-electron chi connectivity index (χ4n) is 1.92. The Morgan fingerprint density at radius 3 is 2.64 bits per heavy atom. The summed E-state index contributed by atoms with van der Waals surface area (Å²) in [5.74, 6) is -1.94. The van der Waals surface area contributed by atoms with Crippen LogP contribution in [0.5, 0.6) is 0 Å². The molecule has 0 fully saturated rings. The van der Waals surface area contributed by atoms with Gasteiger partial charge in [0.25, 0.3) is 0 Å². The minimum atomic E-state index is -0.700. The summed E-state index contributed by atoms with van der Waals surface area (Å²) in [5, 5.41) is 0.343. The normalized spacial score (nSPS) is 11.4. The third kappa shape index (κ3) is 3.14. The second-order valence-electron chi connectivity index (χ2n) is 4.37. The van der Waals surface area contributed by atoms with E-state index < -0.39 is 17.6 Å². The maximum Gasteiger partial charge on any atom is 0.342 e. The van der Waals surface area contributed by atoms with Crippen molar-refractivity contribution in [3.8, 4) is 10.6 Å². The van der Waals surface area contributed by atoms with Crippen molar-refractivity contribution >= 4 is 22.9 Å². The number of hydrogen-bond acceptors (Lipinski definition) is 5. The molecule has 0 unspecified atom stereocenters. The number of carbonyl (C=O) groups is 1. The summed E-state index contributed by atoms with van der Waals surface area (Å²) >= 11 is 1.09. The maximum absolute atomic E-state index is 14.0. The summed E-state index contributed by atoms with van der Waals surface area (Å²) in [6.45, 7) is 1.59. The second kappa shape index (κ2) is 6.65. The maximum atomic E-state index is 14.0. The van der Waals surface area contributed by atoms with Crippen molar-refractivity contribution in [2.45, 2.75) is 6.92 Å². The van der Waals surface area contributed by atoms with Crippen LogP contribution in [0.4, 0.5) is 8.78 Å². The highest BCUT2D eigenvalue weighted by Gasteiger charge is 2.19. The lowest BCUT2D eigenvalue weighted by molar-refractivity contribution is -0.133. The summed E-state index contributed by atoms with van der Waals surface area (Å²) in [7, 11) is 2.65. The molecule has 0 aliphatic carbocycles. The van der Waals surface area contributed by atoms with Gasteiger partial charge in [0, 0.05) is 17.8 Å². The van der Waals surface area contributed by atoms with Gasteiger partial charge in [-0.2, -0.15) is 0 Å². The monoisotopic (exact) mass is 325 g/mol. The van der Waals surface area contributed by atoms with Crippen molar-refractivity contribution in [1.82, 2.24) is 4.98 Å². The largest absolute Gasteiger partial charge is 0.503 e. The molecule has 0 N–H and O–H groups in total. The first-order chi connectivity index (χ1) is 10.5. The number of hydrogen-bond donors (Lipinski definition) is 0. The van der Waals surface area contributed by atoms with E-state index in [-0.39, 0.29) is 11.1 Å². The molecule has 1 aromatic heterocycles. The summed E-state index contributed by atoms with van der Waals surface area (Å²) in [5.41, 5.74) is 0.807. The number of benzene rings is 1. The van der Waals surface area contributed by atoms with Crippen molar-refractivity contribution in [2.24, 2.45) is 0 Å². The zero-order valence-corrected chi connectivity index (χ0v) is 13.0. The Labute approximate surface area is 130 Å². The molecule has 7 heteroatoms. The van der Waals surface area contributed by atoms with Gasteiger partial charge in [-0.05, 0) is 18.6 Å². The smallest absolute Gasteiger partial charge is 0.342 e. The first-order valence-electron chi connectivity index (χ1n) is 6.21. The fraction of sp³-hybridized carbons (Fsp3) is 0.200. The van der Waals surface area contributed by atoms with Crippen LogP contribution in [0.25, 0.3) is 16.1 Å². The van der Waals surface area contributed by atoms with Crippen LogP contribution in [0.1, 0.15) is 10.4 Å². The fourth-order valence-corrected chi connectivity index (χ4v) is 2.94. The molecule has 4 nitrogen and oxygen atoms in total. The molecule has 0 saturated carbocycles. The molecule has 2 aromatic rings. The molecule has 2 rings (SSSR count). The average Bonchev–Trinajstić information content (AvgIpc) is 2.92. The number of aromatic nitrogens is 1. The summed E-state index contributed by atoms with van der Waals surface area (Å²) < 4.78 is 36.7. The lowest BCUT2D eigenvalue weighted by atomic mass is 10.1. The Balaban J connectivity index is 2.48. The van der Waals surface area contributed by atoms with E-state index in [0.29, 0.717) is 15.4 Å². The highest BCUT2D eigenvalue weighted by atomic mass is 32.1. The zero-order valence-electron chi connectivity index (χ0n) is 12.1. The lowest BCUT2D eigenvalue weighted by Crippen LogP contribution is -2.02. The molecule has 0 saturated heterocycles. The molecular weight excluding hydrogens is 312 g/mol. The Hall–Kier alpha value is -2.28. The van der Waals surface area contributed by atoms with Crippen molar-refractivity contribution in [3.63, 3.8) is 0 Å². The average molecular weight is 325 g/mol. The zero-order chi connectivity index (χ0) is 16.3. The van der Waals surface area contributed by atoms with Crippen LogP contribution >= 0.6 is 11.3 Å². The molecule has 116 valence electrons. The molecule has 0 aliphatic heterocycles. The molecule has 0 spiro atoms. The SMILES string of the molecule is COC=C(C(=O)OC)c1cnc(-c2c(C)cc(F)cc2F)s1. The van der Waals surface area contributed by atoms with Gasteiger partial charge >= 0.3 is 5.97 Å². The first-order valence-corrected chi connectivity index (χ1v) is 7.03. The van der Waals surface area contributed by atoms with Crippen LogP contribution < -0.4 is 0 Å². The number of thiazole rings is 1. The van der Waals surface area contributed by atoms with Crippen molar-refractivity contribution in [2.75, 3.05) is 14.2 Å². The van der Waals surface area contributed by atoms with E-state index in [9.17, 15) is 13.6 Å². The van der Waals surface area contributed by atoms with Crippen LogP contribution in [0, 0.1) is 18.6 Å². The summed E-state index contributed by atoms with van der Waals surface area (Å²) in [4.78, 5) is 16.3. The number of rotatable bonds is 4. The standard InChI is InChI=1S/C15H13F2NO3S/c1-8-4-9(16)5-11(17)13(8)14-18-6-12(22-14)10(7-20-2)15(19)21-3/h4-7H,1-3H3. The number of esters is 1. The van der Waals surface area contributed by atoms with Crippen LogP contribution in [-0.4, -0.2) is 25.2 Å². The second-order valence-corrected chi connectivity index (χ2v) is 5.40. The van der Waals surface area contributed by atoms with Gasteiger partial charge in [-0.15, -0.1) is 11.3 Å². The molecule has 1 aromatic carbocycles. The van der Waals surface area contributed by atoms with Crippen molar-refractivity contribution < 1.29 is 23.0 Å². The number of halogens is 2. The summed E-state index contributed by atoms with van der Waals surface area (Å²) in [6, 6.07) is 2.03. The molecule has 0 radical (unpaired) electrons. The van der Waals surface area contributed by atoms with E-state index in [2.05, 4.69) is 9.72 Å².